The van der Waals surface area contributed by atoms with Gasteiger partial charge < -0.3 is 10.2 Å². The van der Waals surface area contributed by atoms with Crippen LogP contribution in [0.2, 0.25) is 0 Å². The van der Waals surface area contributed by atoms with Crippen LogP contribution in [0.25, 0.3) is 0 Å². The van der Waals surface area contributed by atoms with Gasteiger partial charge in [0.05, 0.1) is 12.2 Å². The Hall–Kier alpha value is -1.91. The van der Waals surface area contributed by atoms with E-state index in [2.05, 4.69) is 10.3 Å². The van der Waals surface area contributed by atoms with Gasteiger partial charge in [-0.2, -0.15) is 0 Å². The van der Waals surface area contributed by atoms with E-state index in [9.17, 15) is 9.59 Å². The topological polar surface area (TPSA) is 62.3 Å². The van der Waals surface area contributed by atoms with Crippen molar-refractivity contribution in [3.63, 3.8) is 0 Å². The highest BCUT2D eigenvalue weighted by atomic mass is 16.2. The second-order valence-corrected chi connectivity index (χ2v) is 5.35. The first kappa shape index (κ1) is 14.5. The van der Waals surface area contributed by atoms with Gasteiger partial charge in [0.25, 0.3) is 0 Å². The van der Waals surface area contributed by atoms with Gasteiger partial charge in [-0.1, -0.05) is 19.9 Å². The summed E-state index contributed by atoms with van der Waals surface area (Å²) in [6, 6.07) is 5.18. The number of carbonyl (C=O) groups is 2. The van der Waals surface area contributed by atoms with E-state index in [0.717, 1.165) is 5.69 Å². The Morgan fingerprint density at radius 3 is 2.65 bits per heavy atom. The van der Waals surface area contributed by atoms with E-state index in [1.807, 2.05) is 32.0 Å². The van der Waals surface area contributed by atoms with E-state index in [1.165, 1.54) is 0 Å². The Labute approximate surface area is 119 Å². The molecule has 1 aromatic rings. The Morgan fingerprint density at radius 2 is 2.10 bits per heavy atom. The molecule has 2 amide bonds. The summed E-state index contributed by atoms with van der Waals surface area (Å²) in [5.74, 6) is -0.107. The molecule has 0 aromatic carbocycles. The minimum atomic E-state index is -0.808. The fraction of sp³-hybridized carbons (Fsp3) is 0.533. The number of amides is 2. The van der Waals surface area contributed by atoms with Gasteiger partial charge in [0.2, 0.25) is 11.8 Å². The molecule has 20 heavy (non-hydrogen) atoms. The van der Waals surface area contributed by atoms with Crippen molar-refractivity contribution in [1.82, 2.24) is 15.2 Å². The molecule has 1 aliphatic heterocycles. The molecule has 2 atom stereocenters. The molecule has 5 nitrogen and oxygen atoms in total. The van der Waals surface area contributed by atoms with E-state index >= 15 is 0 Å². The molecular formula is C15H21N3O2. The highest BCUT2D eigenvalue weighted by molar-refractivity contribution is 5.99. The first-order valence-corrected chi connectivity index (χ1v) is 7.05. The molecule has 1 saturated heterocycles. The maximum Gasteiger partial charge on any atom is 0.249 e. The normalized spacial score (nSPS) is 26.6. The Bertz CT molecular complexity index is 503. The lowest BCUT2D eigenvalue weighted by molar-refractivity contribution is -0.155. The summed E-state index contributed by atoms with van der Waals surface area (Å²) < 4.78 is 0. The number of aromatic nitrogens is 1. The van der Waals surface area contributed by atoms with Crippen molar-refractivity contribution in [3.8, 4) is 0 Å². The molecule has 5 heteroatoms. The molecule has 108 valence electrons. The average molecular weight is 275 g/mol. The molecule has 2 rings (SSSR count). The smallest absolute Gasteiger partial charge is 0.249 e. The average Bonchev–Trinajstić information content (AvgIpc) is 2.46. The monoisotopic (exact) mass is 275 g/mol. The number of carbonyl (C=O) groups excluding carboxylic acids is 2. The van der Waals surface area contributed by atoms with Crippen LogP contribution in [0.1, 0.15) is 39.3 Å². The van der Waals surface area contributed by atoms with E-state index in [1.54, 1.807) is 18.0 Å². The number of nitrogens with zero attached hydrogens (tertiary/aromatic N) is 2. The molecule has 1 aliphatic rings. The van der Waals surface area contributed by atoms with E-state index in [4.69, 9.17) is 0 Å². The predicted octanol–water partition coefficient (Wildman–Crippen LogP) is 1.49. The Kier molecular flexibility index (Phi) is 4.06. The van der Waals surface area contributed by atoms with Crippen LogP contribution in [0.15, 0.2) is 24.4 Å². The fourth-order valence-electron chi connectivity index (χ4n) is 2.50. The van der Waals surface area contributed by atoms with Crippen LogP contribution in [0, 0.1) is 0 Å². The molecule has 0 saturated carbocycles. The molecule has 0 bridgehead atoms. The highest BCUT2D eigenvalue weighted by Gasteiger charge is 2.46. The third-order valence-electron chi connectivity index (χ3n) is 3.96. The van der Waals surface area contributed by atoms with Crippen LogP contribution in [-0.2, 0) is 16.1 Å². The van der Waals surface area contributed by atoms with Crippen LogP contribution in [0.5, 0.6) is 0 Å². The van der Waals surface area contributed by atoms with Crippen molar-refractivity contribution in [2.45, 2.75) is 51.7 Å². The number of hydrogen-bond donors (Lipinski definition) is 1. The van der Waals surface area contributed by atoms with Crippen LogP contribution in [0.3, 0.4) is 0 Å². The second-order valence-electron chi connectivity index (χ2n) is 5.35. The second kappa shape index (κ2) is 5.61. The van der Waals surface area contributed by atoms with Crippen molar-refractivity contribution in [2.75, 3.05) is 0 Å². The zero-order valence-electron chi connectivity index (χ0n) is 12.2. The van der Waals surface area contributed by atoms with Crippen LogP contribution < -0.4 is 5.32 Å². The van der Waals surface area contributed by atoms with E-state index < -0.39 is 11.6 Å². The quantitative estimate of drug-likeness (QED) is 0.905. The van der Waals surface area contributed by atoms with E-state index in [-0.39, 0.29) is 11.8 Å². The summed E-state index contributed by atoms with van der Waals surface area (Å²) in [5.41, 5.74) is -0.00943. The van der Waals surface area contributed by atoms with Crippen LogP contribution in [-0.4, -0.2) is 33.3 Å². The number of rotatable bonds is 4. The van der Waals surface area contributed by atoms with Crippen molar-refractivity contribution in [1.29, 1.82) is 0 Å². The lowest BCUT2D eigenvalue weighted by atomic mass is 9.91. The fourth-order valence-corrected chi connectivity index (χ4v) is 2.50. The summed E-state index contributed by atoms with van der Waals surface area (Å²) in [5, 5.41) is 2.86. The maximum atomic E-state index is 12.7. The zero-order chi connectivity index (χ0) is 14.8. The zero-order valence-corrected chi connectivity index (χ0v) is 12.2. The maximum absolute atomic E-state index is 12.7. The molecule has 1 N–H and O–H groups in total. The van der Waals surface area contributed by atoms with Crippen molar-refractivity contribution in [2.24, 2.45) is 0 Å². The van der Waals surface area contributed by atoms with Crippen molar-refractivity contribution >= 4 is 11.8 Å². The molecule has 1 fully saturated rings. The molecule has 2 unspecified atom stereocenters. The summed E-state index contributed by atoms with van der Waals surface area (Å²) in [6.45, 7) is 5.98. The summed E-state index contributed by atoms with van der Waals surface area (Å²) in [6.07, 6.45) is 2.88. The Balaban J connectivity index is 2.30. The van der Waals surface area contributed by atoms with Gasteiger partial charge in [0, 0.05) is 6.20 Å². The SMILES string of the molecule is CCC1C(=O)NC(C)(CC)C(=O)N1Cc1ccccn1. The number of hydrogen-bond acceptors (Lipinski definition) is 3. The lowest BCUT2D eigenvalue weighted by Crippen LogP contribution is -2.68. The number of nitrogens with one attached hydrogen (secondary N) is 1. The largest absolute Gasteiger partial charge is 0.340 e. The van der Waals surface area contributed by atoms with E-state index in [0.29, 0.717) is 19.4 Å². The van der Waals surface area contributed by atoms with Gasteiger partial charge in [0.1, 0.15) is 11.6 Å². The molecule has 0 radical (unpaired) electrons. The first-order valence-electron chi connectivity index (χ1n) is 7.05. The third-order valence-corrected chi connectivity index (χ3v) is 3.96. The standard InChI is InChI=1S/C15H21N3O2/c1-4-12-13(19)17-15(3,5-2)14(20)18(12)10-11-8-6-7-9-16-11/h6-9,12H,4-5,10H2,1-3H3,(H,17,19). The highest BCUT2D eigenvalue weighted by Crippen LogP contribution is 2.24. The van der Waals surface area contributed by atoms with Gasteiger partial charge in [-0.25, -0.2) is 0 Å². The summed E-state index contributed by atoms with van der Waals surface area (Å²) in [4.78, 5) is 30.8. The molecule has 1 aromatic heterocycles. The van der Waals surface area contributed by atoms with Crippen LogP contribution >= 0.6 is 0 Å². The molecule has 0 spiro atoms. The Morgan fingerprint density at radius 1 is 1.35 bits per heavy atom. The third kappa shape index (κ3) is 2.53. The minimum Gasteiger partial charge on any atom is -0.340 e. The van der Waals surface area contributed by atoms with Crippen molar-refractivity contribution < 1.29 is 9.59 Å². The minimum absolute atomic E-state index is 0.0305. The first-order chi connectivity index (χ1) is 9.51. The van der Waals surface area contributed by atoms with Gasteiger partial charge in [-0.15, -0.1) is 0 Å². The lowest BCUT2D eigenvalue weighted by Gasteiger charge is -2.43. The van der Waals surface area contributed by atoms with Gasteiger partial charge >= 0.3 is 0 Å². The molecule has 2 heterocycles. The van der Waals surface area contributed by atoms with Crippen molar-refractivity contribution in [3.05, 3.63) is 30.1 Å². The van der Waals surface area contributed by atoms with Gasteiger partial charge in [0.15, 0.2) is 0 Å². The number of piperazine rings is 1. The van der Waals surface area contributed by atoms with Gasteiger partial charge in [-0.05, 0) is 31.9 Å². The van der Waals surface area contributed by atoms with Gasteiger partial charge in [-0.3, -0.25) is 14.6 Å². The molecule has 0 aliphatic carbocycles. The number of pyridine rings is 1. The predicted molar refractivity (Wildman–Crippen MR) is 75.7 cm³/mol. The van der Waals surface area contributed by atoms with Crippen LogP contribution in [0.4, 0.5) is 0 Å². The summed E-state index contributed by atoms with van der Waals surface area (Å²) in [7, 11) is 0. The summed E-state index contributed by atoms with van der Waals surface area (Å²) >= 11 is 0. The molecular weight excluding hydrogens is 254 g/mol.